The fraction of sp³-hybridized carbons (Fsp3) is 1.00. The van der Waals surface area contributed by atoms with Gasteiger partial charge in [-0.1, -0.05) is 19.3 Å². The zero-order chi connectivity index (χ0) is 11.7. The van der Waals surface area contributed by atoms with Crippen LogP contribution in [0.25, 0.3) is 0 Å². The average Bonchev–Trinajstić information content (AvgIpc) is 2.32. The lowest BCUT2D eigenvalue weighted by Crippen LogP contribution is -2.60. The molecule has 0 radical (unpaired) electrons. The first kappa shape index (κ1) is 11.9. The molecule has 2 bridgehead atoms. The minimum absolute atomic E-state index is 0.413. The minimum Gasteiger partial charge on any atom is -0.378 e. The molecule has 3 fully saturated rings. The maximum atomic E-state index is 6.14. The first-order chi connectivity index (χ1) is 8.33. The Morgan fingerprint density at radius 1 is 1.00 bits per heavy atom. The summed E-state index contributed by atoms with van der Waals surface area (Å²) in [7, 11) is 0. The van der Waals surface area contributed by atoms with Crippen LogP contribution in [0.15, 0.2) is 0 Å². The molecule has 3 nitrogen and oxygen atoms in total. The van der Waals surface area contributed by atoms with E-state index in [4.69, 9.17) is 10.5 Å². The molecule has 98 valence electrons. The Morgan fingerprint density at radius 3 is 2.29 bits per heavy atom. The molecule has 2 atom stereocenters. The zero-order valence-corrected chi connectivity index (χ0v) is 10.8. The molecular weight excluding hydrogens is 212 g/mol. The molecule has 3 aliphatic rings. The van der Waals surface area contributed by atoms with E-state index in [1.807, 2.05) is 0 Å². The Bertz CT molecular complexity index is 239. The monoisotopic (exact) mass is 238 g/mol. The van der Waals surface area contributed by atoms with Crippen LogP contribution in [-0.2, 0) is 4.74 Å². The Balaban J connectivity index is 1.61. The van der Waals surface area contributed by atoms with Gasteiger partial charge in [-0.15, -0.1) is 0 Å². The Kier molecular flexibility index (Phi) is 3.69. The van der Waals surface area contributed by atoms with Crippen LogP contribution in [0.1, 0.15) is 44.9 Å². The van der Waals surface area contributed by atoms with Gasteiger partial charge in [0.25, 0.3) is 0 Å². The zero-order valence-electron chi connectivity index (χ0n) is 10.8. The molecule has 2 aliphatic heterocycles. The summed E-state index contributed by atoms with van der Waals surface area (Å²) in [6, 6.07) is 1.63. The van der Waals surface area contributed by atoms with E-state index >= 15 is 0 Å². The highest BCUT2D eigenvalue weighted by Gasteiger charge is 2.38. The number of ether oxygens (including phenoxy) is 1. The third kappa shape index (κ3) is 2.67. The van der Waals surface area contributed by atoms with Crippen molar-refractivity contribution in [2.45, 2.75) is 63.1 Å². The lowest BCUT2D eigenvalue weighted by molar-refractivity contribution is -0.0848. The van der Waals surface area contributed by atoms with Crippen molar-refractivity contribution in [3.63, 3.8) is 0 Å². The summed E-state index contributed by atoms with van der Waals surface area (Å²) in [5.41, 5.74) is 6.14. The normalized spacial score (nSPS) is 40.4. The summed E-state index contributed by atoms with van der Waals surface area (Å²) in [6.45, 7) is 3.14. The first-order valence-electron chi connectivity index (χ1n) is 7.42. The van der Waals surface area contributed by atoms with Gasteiger partial charge >= 0.3 is 0 Å². The summed E-state index contributed by atoms with van der Waals surface area (Å²) in [5, 5.41) is 0. The molecule has 0 aromatic heterocycles. The van der Waals surface area contributed by atoms with Gasteiger partial charge in [0.2, 0.25) is 0 Å². The summed E-state index contributed by atoms with van der Waals surface area (Å²) < 4.78 is 5.71. The van der Waals surface area contributed by atoms with Crippen molar-refractivity contribution in [3.05, 3.63) is 0 Å². The fourth-order valence-electron chi connectivity index (χ4n) is 4.00. The van der Waals surface area contributed by atoms with Crippen molar-refractivity contribution < 1.29 is 4.74 Å². The summed E-state index contributed by atoms with van der Waals surface area (Å²) in [4.78, 5) is 2.74. The molecule has 0 spiro atoms. The lowest BCUT2D eigenvalue weighted by Gasteiger charge is -2.49. The third-order valence-corrected chi connectivity index (χ3v) is 4.90. The van der Waals surface area contributed by atoms with Crippen molar-refractivity contribution in [1.29, 1.82) is 0 Å². The number of hydrogen-bond donors (Lipinski definition) is 1. The van der Waals surface area contributed by atoms with Crippen LogP contribution in [-0.4, -0.2) is 42.8 Å². The van der Waals surface area contributed by atoms with Gasteiger partial charge in [0.05, 0.1) is 13.2 Å². The van der Waals surface area contributed by atoms with Crippen LogP contribution in [0.5, 0.6) is 0 Å². The molecule has 0 aromatic carbocycles. The van der Waals surface area contributed by atoms with Crippen LogP contribution in [0.3, 0.4) is 0 Å². The smallest absolute Gasteiger partial charge is 0.0623 e. The largest absolute Gasteiger partial charge is 0.378 e. The van der Waals surface area contributed by atoms with E-state index in [1.54, 1.807) is 0 Å². The molecule has 1 aliphatic carbocycles. The Hall–Kier alpha value is -0.120. The topological polar surface area (TPSA) is 38.5 Å². The predicted molar refractivity (Wildman–Crippen MR) is 68.9 cm³/mol. The molecule has 3 heteroatoms. The van der Waals surface area contributed by atoms with E-state index in [0.717, 1.165) is 32.0 Å². The van der Waals surface area contributed by atoms with Crippen molar-refractivity contribution in [1.82, 2.24) is 4.90 Å². The molecule has 0 amide bonds. The van der Waals surface area contributed by atoms with E-state index in [0.29, 0.717) is 18.1 Å². The standard InChI is InChI=1S/C14H26N2O/c15-12-6-13-9-17-10-14(7-12)16(13)8-11-4-2-1-3-5-11/h11-14H,1-10,15H2. The highest BCUT2D eigenvalue weighted by molar-refractivity contribution is 4.94. The maximum Gasteiger partial charge on any atom is 0.0623 e. The number of rotatable bonds is 2. The summed E-state index contributed by atoms with van der Waals surface area (Å²) in [5.74, 6) is 0.946. The number of nitrogens with two attached hydrogens (primary N) is 1. The van der Waals surface area contributed by atoms with Crippen LogP contribution in [0.2, 0.25) is 0 Å². The maximum absolute atomic E-state index is 6.14. The second-order valence-corrected chi connectivity index (χ2v) is 6.28. The molecular formula is C14H26N2O. The Morgan fingerprint density at radius 2 is 1.65 bits per heavy atom. The SMILES string of the molecule is NC1CC2COCC(C1)N2CC1CCCCC1. The minimum atomic E-state index is 0.413. The fourth-order valence-corrected chi connectivity index (χ4v) is 4.00. The number of piperidine rings is 1. The molecule has 2 N–H and O–H groups in total. The van der Waals surface area contributed by atoms with Gasteiger partial charge in [-0.3, -0.25) is 4.90 Å². The molecule has 2 saturated heterocycles. The van der Waals surface area contributed by atoms with Gasteiger partial charge < -0.3 is 10.5 Å². The number of morpholine rings is 1. The molecule has 17 heavy (non-hydrogen) atoms. The lowest BCUT2D eigenvalue weighted by atomic mass is 9.85. The summed E-state index contributed by atoms with van der Waals surface area (Å²) >= 11 is 0. The van der Waals surface area contributed by atoms with E-state index < -0.39 is 0 Å². The molecule has 2 heterocycles. The quantitative estimate of drug-likeness (QED) is 0.796. The van der Waals surface area contributed by atoms with Crippen molar-refractivity contribution >= 4 is 0 Å². The second kappa shape index (κ2) is 5.25. The number of hydrogen-bond acceptors (Lipinski definition) is 3. The van der Waals surface area contributed by atoms with Gasteiger partial charge in [-0.2, -0.15) is 0 Å². The van der Waals surface area contributed by atoms with Crippen molar-refractivity contribution in [3.8, 4) is 0 Å². The molecule has 2 unspecified atom stereocenters. The second-order valence-electron chi connectivity index (χ2n) is 6.28. The van der Waals surface area contributed by atoms with Crippen LogP contribution < -0.4 is 5.73 Å². The third-order valence-electron chi connectivity index (χ3n) is 4.90. The van der Waals surface area contributed by atoms with Crippen molar-refractivity contribution in [2.75, 3.05) is 19.8 Å². The van der Waals surface area contributed by atoms with Gasteiger partial charge in [-0.25, -0.2) is 0 Å². The van der Waals surface area contributed by atoms with Crippen LogP contribution in [0.4, 0.5) is 0 Å². The van der Waals surface area contributed by atoms with Gasteiger partial charge in [0.15, 0.2) is 0 Å². The number of nitrogens with zero attached hydrogens (tertiary/aromatic N) is 1. The molecule has 3 rings (SSSR count). The molecule has 0 aromatic rings. The average molecular weight is 238 g/mol. The van der Waals surface area contributed by atoms with E-state index in [2.05, 4.69) is 4.90 Å². The first-order valence-corrected chi connectivity index (χ1v) is 7.42. The van der Waals surface area contributed by atoms with E-state index in [-0.39, 0.29) is 0 Å². The van der Waals surface area contributed by atoms with Gasteiger partial charge in [0.1, 0.15) is 0 Å². The van der Waals surface area contributed by atoms with Crippen LogP contribution in [0, 0.1) is 5.92 Å². The van der Waals surface area contributed by atoms with Crippen LogP contribution >= 0.6 is 0 Å². The van der Waals surface area contributed by atoms with Gasteiger partial charge in [0, 0.05) is 24.7 Å². The highest BCUT2D eigenvalue weighted by atomic mass is 16.5. The highest BCUT2D eigenvalue weighted by Crippen LogP contribution is 2.31. The van der Waals surface area contributed by atoms with E-state index in [9.17, 15) is 0 Å². The predicted octanol–water partition coefficient (Wildman–Crippen LogP) is 1.76. The van der Waals surface area contributed by atoms with Crippen molar-refractivity contribution in [2.24, 2.45) is 11.7 Å². The number of fused-ring (bicyclic) bond motifs is 2. The molecule has 1 saturated carbocycles. The summed E-state index contributed by atoms with van der Waals surface area (Å²) in [6.07, 6.45) is 9.53. The van der Waals surface area contributed by atoms with Gasteiger partial charge in [-0.05, 0) is 31.6 Å². The Labute approximate surface area is 105 Å². The van der Waals surface area contributed by atoms with E-state index in [1.165, 1.54) is 38.6 Å².